The molecule has 0 radical (unpaired) electrons. The zero-order valence-corrected chi connectivity index (χ0v) is 12.4. The average Bonchev–Trinajstić information content (AvgIpc) is 2.39. The summed E-state index contributed by atoms with van der Waals surface area (Å²) in [6, 6.07) is 6.11. The molecule has 1 saturated carbocycles. The van der Waals surface area contributed by atoms with E-state index in [2.05, 4.69) is 5.32 Å². The predicted molar refractivity (Wildman–Crippen MR) is 78.7 cm³/mol. The molecule has 1 aromatic carbocycles. The van der Waals surface area contributed by atoms with Crippen molar-refractivity contribution in [1.29, 1.82) is 0 Å². The van der Waals surface area contributed by atoms with E-state index in [1.54, 1.807) is 12.1 Å². The van der Waals surface area contributed by atoms with Gasteiger partial charge in [0.05, 0.1) is 5.41 Å². The summed E-state index contributed by atoms with van der Waals surface area (Å²) >= 11 is 1.47. The predicted octanol–water partition coefficient (Wildman–Crippen LogP) is 2.68. The monoisotopic (exact) mass is 311 g/mol. The fraction of sp³-hybridized carbons (Fsp3) is 0.467. The van der Waals surface area contributed by atoms with Crippen LogP contribution in [0.4, 0.5) is 4.39 Å². The van der Waals surface area contributed by atoms with E-state index in [1.165, 1.54) is 23.9 Å². The molecule has 0 bridgehead atoms. The summed E-state index contributed by atoms with van der Waals surface area (Å²) in [5.74, 6) is -0.666. The first kappa shape index (κ1) is 15.8. The molecule has 21 heavy (non-hydrogen) atoms. The highest BCUT2D eigenvalue weighted by Gasteiger charge is 2.44. The normalized spacial score (nSPS) is 16.0. The van der Waals surface area contributed by atoms with Crippen LogP contribution in [0.5, 0.6) is 0 Å². The van der Waals surface area contributed by atoms with Gasteiger partial charge in [-0.1, -0.05) is 6.42 Å². The van der Waals surface area contributed by atoms with Crippen molar-refractivity contribution in [2.45, 2.75) is 30.6 Å². The number of carbonyl (C=O) groups excluding carboxylic acids is 1. The number of carbonyl (C=O) groups is 2. The zero-order chi connectivity index (χ0) is 15.3. The standard InChI is InChI=1S/C15H18FNO3S/c16-11-2-4-12(5-3-11)21-9-6-13(18)17-10-15(14(19)20)7-1-8-15/h2-5H,1,6-10H2,(H,17,18)(H,19,20). The van der Waals surface area contributed by atoms with Gasteiger partial charge in [0.25, 0.3) is 0 Å². The van der Waals surface area contributed by atoms with E-state index in [1.807, 2.05) is 0 Å². The molecule has 2 rings (SSSR count). The maximum atomic E-state index is 12.7. The Morgan fingerprint density at radius 2 is 1.95 bits per heavy atom. The summed E-state index contributed by atoms with van der Waals surface area (Å²) in [5.41, 5.74) is -0.750. The molecule has 0 aliphatic heterocycles. The fourth-order valence-corrected chi connectivity index (χ4v) is 3.07. The molecule has 0 unspecified atom stereocenters. The quantitative estimate of drug-likeness (QED) is 0.760. The molecule has 1 aromatic rings. The van der Waals surface area contributed by atoms with Crippen LogP contribution in [0.25, 0.3) is 0 Å². The Kier molecular flexibility index (Phi) is 5.22. The number of carboxylic acid groups (broad SMARTS) is 1. The Hall–Kier alpha value is -1.56. The number of aliphatic carboxylic acids is 1. The highest BCUT2D eigenvalue weighted by molar-refractivity contribution is 7.99. The first-order valence-corrected chi connectivity index (χ1v) is 7.89. The van der Waals surface area contributed by atoms with E-state index in [4.69, 9.17) is 5.11 Å². The van der Waals surface area contributed by atoms with Crippen molar-refractivity contribution in [3.8, 4) is 0 Å². The Labute approximate surface area is 127 Å². The number of thioether (sulfide) groups is 1. The molecule has 0 saturated heterocycles. The summed E-state index contributed by atoms with van der Waals surface area (Å²) in [6.45, 7) is 0.211. The number of rotatable bonds is 7. The first-order valence-electron chi connectivity index (χ1n) is 6.90. The van der Waals surface area contributed by atoms with Crippen LogP contribution < -0.4 is 5.32 Å². The Bertz CT molecular complexity index is 514. The van der Waals surface area contributed by atoms with Gasteiger partial charge >= 0.3 is 5.97 Å². The van der Waals surface area contributed by atoms with E-state index in [9.17, 15) is 14.0 Å². The molecule has 0 heterocycles. The van der Waals surface area contributed by atoms with E-state index in [0.717, 1.165) is 11.3 Å². The van der Waals surface area contributed by atoms with Gasteiger partial charge in [-0.15, -0.1) is 11.8 Å². The number of benzene rings is 1. The lowest BCUT2D eigenvalue weighted by molar-refractivity contribution is -0.154. The third-order valence-electron chi connectivity index (χ3n) is 3.80. The van der Waals surface area contributed by atoms with E-state index < -0.39 is 11.4 Å². The molecular formula is C15H18FNO3S. The second-order valence-electron chi connectivity index (χ2n) is 5.27. The lowest BCUT2D eigenvalue weighted by Crippen LogP contribution is -2.47. The van der Waals surface area contributed by atoms with Crippen LogP contribution in [0.1, 0.15) is 25.7 Å². The maximum Gasteiger partial charge on any atom is 0.311 e. The second-order valence-corrected chi connectivity index (χ2v) is 6.44. The number of carboxylic acids is 1. The SMILES string of the molecule is O=C(CCSc1ccc(F)cc1)NCC1(C(=O)O)CCC1. The molecule has 0 aromatic heterocycles. The van der Waals surface area contributed by atoms with Crippen LogP contribution >= 0.6 is 11.8 Å². The summed E-state index contributed by atoms with van der Waals surface area (Å²) in [5, 5.41) is 11.9. The van der Waals surface area contributed by atoms with Crippen molar-refractivity contribution in [1.82, 2.24) is 5.32 Å². The van der Waals surface area contributed by atoms with Crippen LogP contribution in [0.15, 0.2) is 29.2 Å². The summed E-state index contributed by atoms with van der Waals surface area (Å²) < 4.78 is 12.7. The molecular weight excluding hydrogens is 293 g/mol. The van der Waals surface area contributed by atoms with Gasteiger partial charge in [0.1, 0.15) is 5.82 Å². The van der Waals surface area contributed by atoms with Crippen LogP contribution in [0.2, 0.25) is 0 Å². The summed E-state index contributed by atoms with van der Waals surface area (Å²) in [4.78, 5) is 23.8. The molecule has 1 amide bonds. The van der Waals surface area contributed by atoms with Crippen LogP contribution in [-0.4, -0.2) is 29.3 Å². The Morgan fingerprint density at radius 3 is 2.48 bits per heavy atom. The molecule has 0 atom stereocenters. The largest absolute Gasteiger partial charge is 0.481 e. The molecule has 1 aliphatic carbocycles. The van der Waals surface area contributed by atoms with Crippen LogP contribution in [-0.2, 0) is 9.59 Å². The maximum absolute atomic E-state index is 12.7. The number of hydrogen-bond acceptors (Lipinski definition) is 3. The zero-order valence-electron chi connectivity index (χ0n) is 11.6. The van der Waals surface area contributed by atoms with Crippen LogP contribution in [0.3, 0.4) is 0 Å². The minimum absolute atomic E-state index is 0.142. The van der Waals surface area contributed by atoms with Crippen molar-refractivity contribution in [3.63, 3.8) is 0 Å². The van der Waals surface area contributed by atoms with E-state index in [-0.39, 0.29) is 18.3 Å². The van der Waals surface area contributed by atoms with Crippen LogP contribution in [0, 0.1) is 11.2 Å². The third-order valence-corrected chi connectivity index (χ3v) is 4.81. The molecule has 6 heteroatoms. The summed E-state index contributed by atoms with van der Waals surface area (Å²) in [7, 11) is 0. The van der Waals surface area contributed by atoms with Gasteiger partial charge in [-0.25, -0.2) is 4.39 Å². The van der Waals surface area contributed by atoms with Crippen molar-refractivity contribution < 1.29 is 19.1 Å². The number of amides is 1. The number of hydrogen-bond donors (Lipinski definition) is 2. The minimum Gasteiger partial charge on any atom is -0.481 e. The van der Waals surface area contributed by atoms with Crippen molar-refractivity contribution in [2.75, 3.05) is 12.3 Å². The topological polar surface area (TPSA) is 66.4 Å². The molecule has 2 N–H and O–H groups in total. The fourth-order valence-electron chi connectivity index (χ4n) is 2.22. The van der Waals surface area contributed by atoms with Crippen molar-refractivity contribution in [2.24, 2.45) is 5.41 Å². The highest BCUT2D eigenvalue weighted by Crippen LogP contribution is 2.40. The lowest BCUT2D eigenvalue weighted by Gasteiger charge is -2.37. The number of halogens is 1. The Balaban J connectivity index is 1.68. The van der Waals surface area contributed by atoms with Gasteiger partial charge in [-0.2, -0.15) is 0 Å². The molecule has 4 nitrogen and oxygen atoms in total. The van der Waals surface area contributed by atoms with Crippen molar-refractivity contribution in [3.05, 3.63) is 30.1 Å². The lowest BCUT2D eigenvalue weighted by atomic mass is 9.69. The Morgan fingerprint density at radius 1 is 1.29 bits per heavy atom. The average molecular weight is 311 g/mol. The van der Waals surface area contributed by atoms with E-state index in [0.29, 0.717) is 25.0 Å². The summed E-state index contributed by atoms with van der Waals surface area (Å²) in [6.07, 6.45) is 2.49. The first-order chi connectivity index (χ1) is 10.0. The van der Waals surface area contributed by atoms with Gasteiger partial charge in [0.15, 0.2) is 0 Å². The van der Waals surface area contributed by atoms with Gasteiger partial charge in [-0.05, 0) is 37.1 Å². The second kappa shape index (κ2) is 6.93. The highest BCUT2D eigenvalue weighted by atomic mass is 32.2. The molecule has 1 fully saturated rings. The van der Waals surface area contributed by atoms with Gasteiger partial charge < -0.3 is 10.4 Å². The van der Waals surface area contributed by atoms with Gasteiger partial charge in [0, 0.05) is 23.6 Å². The number of nitrogens with one attached hydrogen (secondary N) is 1. The smallest absolute Gasteiger partial charge is 0.311 e. The molecule has 0 spiro atoms. The molecule has 114 valence electrons. The van der Waals surface area contributed by atoms with E-state index >= 15 is 0 Å². The van der Waals surface area contributed by atoms with Crippen molar-refractivity contribution >= 4 is 23.6 Å². The third kappa shape index (κ3) is 4.20. The minimum atomic E-state index is -0.824. The molecule has 1 aliphatic rings. The van der Waals surface area contributed by atoms with Gasteiger partial charge in [0.2, 0.25) is 5.91 Å². The van der Waals surface area contributed by atoms with Gasteiger partial charge in [-0.3, -0.25) is 9.59 Å².